The van der Waals surface area contributed by atoms with Crippen LogP contribution in [0.2, 0.25) is 0 Å². The molecule has 3 heterocycles. The van der Waals surface area contributed by atoms with Crippen LogP contribution in [0, 0.1) is 0 Å². The van der Waals surface area contributed by atoms with Gasteiger partial charge in [-0.15, -0.1) is 0 Å². The van der Waals surface area contributed by atoms with Crippen molar-refractivity contribution in [3.8, 4) is 0 Å². The average Bonchev–Trinajstić information content (AvgIpc) is 3.27. The molecule has 140 valence electrons. The number of anilines is 2. The highest BCUT2D eigenvalue weighted by Crippen LogP contribution is 2.34. The molecule has 0 atom stereocenters. The van der Waals surface area contributed by atoms with Crippen molar-refractivity contribution in [3.05, 3.63) is 83.7 Å². The number of carbonyl (C=O) groups excluding carboxylic acids is 3. The summed E-state index contributed by atoms with van der Waals surface area (Å²) in [6, 6.07) is 15.2. The second kappa shape index (κ2) is 6.61. The van der Waals surface area contributed by atoms with E-state index in [-0.39, 0.29) is 22.9 Å². The van der Waals surface area contributed by atoms with Crippen LogP contribution in [0.3, 0.4) is 0 Å². The summed E-state index contributed by atoms with van der Waals surface area (Å²) in [6.45, 7) is 0. The number of rotatable bonds is 3. The largest absolute Gasteiger partial charge is 0.321 e. The maximum Gasteiger partial charge on any atom is 0.268 e. The number of nitrogens with one attached hydrogen (secondary N) is 1. The van der Waals surface area contributed by atoms with Crippen molar-refractivity contribution in [1.29, 1.82) is 0 Å². The lowest BCUT2D eigenvalue weighted by Crippen LogP contribution is -2.29. The third-order valence-electron chi connectivity index (χ3n) is 4.54. The van der Waals surface area contributed by atoms with Crippen LogP contribution < -0.4 is 10.2 Å². The van der Waals surface area contributed by atoms with E-state index in [9.17, 15) is 14.4 Å². The molecule has 4 aromatic rings. The standard InChI is InChI=1S/C21H12N4O3S/c26-18(23-13-4-3-9-22-11-13)12-7-8-16-17(10-12)29-21(24-16)25-19(27)14-5-1-2-6-15(14)20(25)28/h1-11H,(H,23,26). The molecular weight excluding hydrogens is 388 g/mol. The fourth-order valence-corrected chi connectivity index (χ4v) is 4.15. The van der Waals surface area contributed by atoms with Crippen molar-refractivity contribution in [1.82, 2.24) is 9.97 Å². The van der Waals surface area contributed by atoms with Gasteiger partial charge in [-0.2, -0.15) is 0 Å². The number of benzene rings is 2. The molecule has 1 N–H and O–H groups in total. The molecule has 0 fully saturated rings. The molecule has 1 aliphatic rings. The summed E-state index contributed by atoms with van der Waals surface area (Å²) in [5.74, 6) is -1.06. The van der Waals surface area contributed by atoms with Crippen LogP contribution in [0.4, 0.5) is 10.8 Å². The van der Waals surface area contributed by atoms with Crippen LogP contribution in [-0.2, 0) is 0 Å². The highest BCUT2D eigenvalue weighted by molar-refractivity contribution is 7.22. The number of pyridine rings is 1. The third-order valence-corrected chi connectivity index (χ3v) is 5.55. The van der Waals surface area contributed by atoms with Gasteiger partial charge in [-0.1, -0.05) is 23.5 Å². The van der Waals surface area contributed by atoms with Gasteiger partial charge in [0.15, 0.2) is 0 Å². The number of thiazole rings is 1. The summed E-state index contributed by atoms with van der Waals surface area (Å²) in [6.07, 6.45) is 3.18. The summed E-state index contributed by atoms with van der Waals surface area (Å²) >= 11 is 1.19. The topological polar surface area (TPSA) is 92.3 Å². The molecular formula is C21H12N4O3S. The van der Waals surface area contributed by atoms with Gasteiger partial charge in [0, 0.05) is 11.8 Å². The van der Waals surface area contributed by atoms with Gasteiger partial charge in [0.2, 0.25) is 5.13 Å². The van der Waals surface area contributed by atoms with E-state index in [0.29, 0.717) is 32.6 Å². The number of nitrogens with zero attached hydrogens (tertiary/aromatic N) is 3. The normalized spacial score (nSPS) is 13.0. The lowest BCUT2D eigenvalue weighted by Gasteiger charge is -2.08. The maximum atomic E-state index is 12.7. The summed E-state index contributed by atoms with van der Waals surface area (Å²) in [7, 11) is 0. The predicted octanol–water partition coefficient (Wildman–Crippen LogP) is 3.74. The van der Waals surface area contributed by atoms with Crippen LogP contribution in [-0.4, -0.2) is 27.7 Å². The van der Waals surface area contributed by atoms with Crippen molar-refractivity contribution in [2.24, 2.45) is 0 Å². The Bertz CT molecular complexity index is 1260. The molecule has 2 aromatic heterocycles. The molecule has 0 aliphatic carbocycles. The minimum atomic E-state index is -0.390. The third kappa shape index (κ3) is 2.86. The highest BCUT2D eigenvalue weighted by Gasteiger charge is 2.38. The lowest BCUT2D eigenvalue weighted by molar-refractivity contribution is 0.0925. The SMILES string of the molecule is O=C(Nc1cccnc1)c1ccc2nc(N3C(=O)c4ccccc4C3=O)sc2c1. The van der Waals surface area contributed by atoms with E-state index in [1.807, 2.05) is 0 Å². The molecule has 0 saturated carbocycles. The summed E-state index contributed by atoms with van der Waals surface area (Å²) in [5.41, 5.74) is 2.38. The molecule has 0 radical (unpaired) electrons. The molecule has 7 nitrogen and oxygen atoms in total. The second-order valence-electron chi connectivity index (χ2n) is 6.37. The zero-order chi connectivity index (χ0) is 20.0. The van der Waals surface area contributed by atoms with Gasteiger partial charge in [0.25, 0.3) is 17.7 Å². The quantitative estimate of drug-likeness (QED) is 0.529. The number of imide groups is 1. The minimum Gasteiger partial charge on any atom is -0.321 e. The molecule has 1 aliphatic heterocycles. The number of hydrogen-bond donors (Lipinski definition) is 1. The van der Waals surface area contributed by atoms with Crippen LogP contribution in [0.5, 0.6) is 0 Å². The van der Waals surface area contributed by atoms with Crippen molar-refractivity contribution in [3.63, 3.8) is 0 Å². The van der Waals surface area contributed by atoms with Gasteiger partial charge >= 0.3 is 0 Å². The Morgan fingerprint density at radius 1 is 0.966 bits per heavy atom. The summed E-state index contributed by atoms with van der Waals surface area (Å²) < 4.78 is 0.704. The molecule has 0 spiro atoms. The zero-order valence-electron chi connectivity index (χ0n) is 14.8. The number of aromatic nitrogens is 2. The number of carbonyl (C=O) groups is 3. The zero-order valence-corrected chi connectivity index (χ0v) is 15.6. The van der Waals surface area contributed by atoms with E-state index < -0.39 is 0 Å². The maximum absolute atomic E-state index is 12.7. The van der Waals surface area contributed by atoms with Crippen molar-refractivity contribution in [2.75, 3.05) is 10.2 Å². The van der Waals surface area contributed by atoms with Crippen LogP contribution in [0.1, 0.15) is 31.1 Å². The van der Waals surface area contributed by atoms with Gasteiger partial charge in [-0.25, -0.2) is 9.88 Å². The van der Waals surface area contributed by atoms with Crippen molar-refractivity contribution < 1.29 is 14.4 Å². The van der Waals surface area contributed by atoms with Crippen LogP contribution in [0.15, 0.2) is 67.0 Å². The minimum absolute atomic E-state index is 0.282. The van der Waals surface area contributed by atoms with Gasteiger partial charge in [-0.05, 0) is 42.5 Å². The first-order chi connectivity index (χ1) is 14.1. The first-order valence-electron chi connectivity index (χ1n) is 8.71. The molecule has 3 amide bonds. The lowest BCUT2D eigenvalue weighted by atomic mass is 10.1. The van der Waals surface area contributed by atoms with Crippen molar-refractivity contribution >= 4 is 50.1 Å². The van der Waals surface area contributed by atoms with Crippen molar-refractivity contribution in [2.45, 2.75) is 0 Å². The molecule has 29 heavy (non-hydrogen) atoms. The predicted molar refractivity (Wildman–Crippen MR) is 109 cm³/mol. The number of amides is 3. The van der Waals surface area contributed by atoms with Crippen LogP contribution >= 0.6 is 11.3 Å². The van der Waals surface area contributed by atoms with Gasteiger partial charge in [-0.3, -0.25) is 19.4 Å². The van der Waals surface area contributed by atoms with E-state index in [4.69, 9.17) is 0 Å². The molecule has 0 saturated heterocycles. The fraction of sp³-hybridized carbons (Fsp3) is 0. The Balaban J connectivity index is 1.47. The Labute approximate surface area is 168 Å². The van der Waals surface area contributed by atoms with Gasteiger partial charge in [0.1, 0.15) is 0 Å². The van der Waals surface area contributed by atoms with Crippen LogP contribution in [0.25, 0.3) is 10.2 Å². The average molecular weight is 400 g/mol. The Morgan fingerprint density at radius 3 is 2.41 bits per heavy atom. The number of fused-ring (bicyclic) bond motifs is 2. The fourth-order valence-electron chi connectivity index (χ4n) is 3.15. The highest BCUT2D eigenvalue weighted by atomic mass is 32.1. The molecule has 5 rings (SSSR count). The monoisotopic (exact) mass is 400 g/mol. The Kier molecular flexibility index (Phi) is 3.92. The van der Waals surface area contributed by atoms with E-state index in [1.165, 1.54) is 11.3 Å². The molecule has 2 aromatic carbocycles. The molecule has 0 unspecified atom stereocenters. The van der Waals surface area contributed by atoms with Gasteiger partial charge < -0.3 is 5.32 Å². The molecule has 8 heteroatoms. The second-order valence-corrected chi connectivity index (χ2v) is 7.38. The number of hydrogen-bond acceptors (Lipinski definition) is 6. The first-order valence-corrected chi connectivity index (χ1v) is 9.53. The van der Waals surface area contributed by atoms with E-state index in [1.54, 1.807) is 67.0 Å². The van der Waals surface area contributed by atoms with Gasteiger partial charge in [0.05, 0.1) is 33.2 Å². The van der Waals surface area contributed by atoms with E-state index in [2.05, 4.69) is 15.3 Å². The Hall–Kier alpha value is -3.91. The molecule has 0 bridgehead atoms. The Morgan fingerprint density at radius 2 is 1.72 bits per heavy atom. The summed E-state index contributed by atoms with van der Waals surface area (Å²) in [5, 5.41) is 3.06. The first kappa shape index (κ1) is 17.2. The smallest absolute Gasteiger partial charge is 0.268 e. The van der Waals surface area contributed by atoms with E-state index in [0.717, 1.165) is 4.90 Å². The summed E-state index contributed by atoms with van der Waals surface area (Å²) in [4.78, 5) is 47.3. The van der Waals surface area contributed by atoms with E-state index >= 15 is 0 Å².